The maximum atomic E-state index is 13.3. The number of fused-ring (bicyclic) bond motifs is 2. The van der Waals surface area contributed by atoms with Gasteiger partial charge in [-0.05, 0) is 95.1 Å². The molecule has 0 fully saturated rings. The zero-order valence-corrected chi connectivity index (χ0v) is 27.6. The van der Waals surface area contributed by atoms with E-state index in [0.29, 0.717) is 43.9 Å². The van der Waals surface area contributed by atoms with E-state index in [1.807, 2.05) is 64.1 Å². The molecule has 6 aromatic rings. The number of aromatic carboxylic acids is 3. The summed E-state index contributed by atoms with van der Waals surface area (Å²) in [7, 11) is 0. The van der Waals surface area contributed by atoms with E-state index in [1.165, 1.54) is 18.2 Å². The third kappa shape index (κ3) is 4.63. The summed E-state index contributed by atoms with van der Waals surface area (Å²) in [6, 6.07) is 20.3. The Morgan fingerprint density at radius 3 is 1.38 bits per heavy atom. The summed E-state index contributed by atoms with van der Waals surface area (Å²) in [6.07, 6.45) is -0.244. The lowest BCUT2D eigenvalue weighted by Crippen LogP contribution is -2.49. The highest BCUT2D eigenvalue weighted by Crippen LogP contribution is 2.49. The first-order valence-corrected chi connectivity index (χ1v) is 15.9. The van der Waals surface area contributed by atoms with Crippen molar-refractivity contribution in [3.63, 3.8) is 0 Å². The molecule has 250 valence electrons. The highest BCUT2D eigenvalue weighted by molar-refractivity contribution is 6.31. The largest absolute Gasteiger partial charge is 0.478 e. The van der Waals surface area contributed by atoms with Gasteiger partial charge < -0.3 is 31.1 Å². The molecule has 0 radical (unpaired) electrons. The van der Waals surface area contributed by atoms with Crippen LogP contribution in [0.1, 0.15) is 65.3 Å². The monoisotopic (exact) mass is 668 g/mol. The van der Waals surface area contributed by atoms with E-state index in [0.717, 1.165) is 22.3 Å². The summed E-state index contributed by atoms with van der Waals surface area (Å²) >= 11 is 0. The Kier molecular flexibility index (Phi) is 7.29. The molecule has 7 rings (SSSR count). The Bertz CT molecular complexity index is 2470. The first kappa shape index (κ1) is 32.1. The van der Waals surface area contributed by atoms with Gasteiger partial charge in [0.2, 0.25) is 0 Å². The number of carboxylic acids is 4. The van der Waals surface area contributed by atoms with Crippen LogP contribution in [0.2, 0.25) is 0 Å². The molecule has 0 spiro atoms. The first-order valence-electron chi connectivity index (χ1n) is 15.9. The van der Waals surface area contributed by atoms with Crippen LogP contribution < -0.4 is 15.9 Å². The number of carboxylic acid groups (broad SMARTS) is 4. The van der Waals surface area contributed by atoms with Crippen LogP contribution in [0.4, 0.5) is 11.4 Å². The number of carbonyl (C=O) groups is 4. The minimum atomic E-state index is -1.49. The van der Waals surface area contributed by atoms with Gasteiger partial charge >= 0.3 is 23.9 Å². The number of hydrogen-bond acceptors (Lipinski definition) is 6. The van der Waals surface area contributed by atoms with Crippen LogP contribution in [0.5, 0.6) is 0 Å². The molecule has 0 amide bonds. The summed E-state index contributed by atoms with van der Waals surface area (Å²) in [6.45, 7) is 7.70. The average molecular weight is 669 g/mol. The second-order valence-electron chi connectivity index (χ2n) is 12.9. The SMILES string of the molecule is Cc1cccc(C)c1NC1(Nc2c(C)cccc2C)CC(C(=O)O)=c2c(C(=O)O)ccc3c2c1c1ccc(C(=O)O)c2c(C(=O)O)ccc3c12. The van der Waals surface area contributed by atoms with Gasteiger partial charge in [-0.1, -0.05) is 54.6 Å². The number of hydrogen-bond donors (Lipinski definition) is 6. The van der Waals surface area contributed by atoms with Crippen LogP contribution in [-0.2, 0) is 10.5 Å². The number of para-hydroxylation sites is 2. The highest BCUT2D eigenvalue weighted by Gasteiger charge is 2.44. The fourth-order valence-electron chi connectivity index (χ4n) is 7.76. The van der Waals surface area contributed by atoms with Gasteiger partial charge in [-0.15, -0.1) is 0 Å². The summed E-state index contributed by atoms with van der Waals surface area (Å²) in [5, 5.41) is 51.4. The average Bonchev–Trinajstić information content (AvgIpc) is 3.06. The van der Waals surface area contributed by atoms with Crippen LogP contribution >= 0.6 is 0 Å². The molecule has 6 aromatic carbocycles. The van der Waals surface area contributed by atoms with Gasteiger partial charge in [0.05, 0.1) is 22.3 Å². The molecule has 0 unspecified atom stereocenters. The molecule has 0 bridgehead atoms. The number of benzene rings is 6. The standard InChI is InChI=1S/C40H32N2O8/c1-18-7-5-8-19(2)34(18)41-40(42-35-20(3)9-6-10-21(35)4)17-28(39(49)50)31-27(38(47)48)15-12-23-22-11-14-25(36(43)44)30-26(37(45)46)16-13-24(29(22)30)33(40)32(23)31/h5-16,41-42H,17H2,1-4H3,(H,43,44)(H,45,46)(H,47,48)(H,49,50). The second-order valence-corrected chi connectivity index (χ2v) is 12.9. The molecule has 0 aliphatic heterocycles. The molecular formula is C40H32N2O8. The number of nitrogens with one attached hydrogen (secondary N) is 2. The van der Waals surface area contributed by atoms with Crippen LogP contribution in [0.15, 0.2) is 72.8 Å². The lowest BCUT2D eigenvalue weighted by Gasteiger charge is -2.43. The van der Waals surface area contributed by atoms with Gasteiger partial charge in [0.1, 0.15) is 5.66 Å². The molecule has 0 saturated carbocycles. The Morgan fingerprint density at radius 1 is 0.520 bits per heavy atom. The van der Waals surface area contributed by atoms with Crippen LogP contribution in [-0.4, -0.2) is 44.3 Å². The van der Waals surface area contributed by atoms with Crippen molar-refractivity contribution in [2.75, 3.05) is 10.6 Å². The zero-order chi connectivity index (χ0) is 35.8. The maximum absolute atomic E-state index is 13.3. The second kappa shape index (κ2) is 11.3. The van der Waals surface area contributed by atoms with Gasteiger partial charge in [0, 0.05) is 34.0 Å². The molecule has 0 heterocycles. The van der Waals surface area contributed by atoms with Crippen LogP contribution in [0, 0.1) is 27.7 Å². The zero-order valence-electron chi connectivity index (χ0n) is 27.6. The quantitative estimate of drug-likeness (QED) is 0.0553. The van der Waals surface area contributed by atoms with Gasteiger partial charge in [-0.2, -0.15) is 0 Å². The smallest absolute Gasteiger partial charge is 0.336 e. The van der Waals surface area contributed by atoms with Gasteiger partial charge in [0.15, 0.2) is 0 Å². The van der Waals surface area contributed by atoms with E-state index in [2.05, 4.69) is 10.6 Å². The van der Waals surface area contributed by atoms with Crippen LogP contribution in [0.25, 0.3) is 37.9 Å². The molecule has 0 atom stereocenters. The Hall–Kier alpha value is -6.42. The minimum absolute atomic E-state index is 0.0167. The molecule has 6 N–H and O–H groups in total. The molecule has 1 aliphatic carbocycles. The molecule has 10 nitrogen and oxygen atoms in total. The van der Waals surface area contributed by atoms with Crippen molar-refractivity contribution < 1.29 is 39.6 Å². The molecule has 50 heavy (non-hydrogen) atoms. The van der Waals surface area contributed by atoms with E-state index in [9.17, 15) is 39.6 Å². The third-order valence-electron chi connectivity index (χ3n) is 9.93. The fourth-order valence-corrected chi connectivity index (χ4v) is 7.76. The fraction of sp³-hybridized carbons (Fsp3) is 0.150. The van der Waals surface area contributed by atoms with Crippen molar-refractivity contribution >= 4 is 73.1 Å². The lowest BCUT2D eigenvalue weighted by atomic mass is 9.75. The summed E-state index contributed by atoms with van der Waals surface area (Å²) < 4.78 is 0. The topological polar surface area (TPSA) is 173 Å². The van der Waals surface area contributed by atoms with Crippen molar-refractivity contribution in [1.82, 2.24) is 0 Å². The van der Waals surface area contributed by atoms with Crippen LogP contribution in [0.3, 0.4) is 0 Å². The maximum Gasteiger partial charge on any atom is 0.336 e. The van der Waals surface area contributed by atoms with E-state index < -0.39 is 29.5 Å². The van der Waals surface area contributed by atoms with E-state index in [1.54, 1.807) is 18.2 Å². The first-order chi connectivity index (χ1) is 23.8. The van der Waals surface area contributed by atoms with Crippen molar-refractivity contribution in [1.29, 1.82) is 0 Å². The predicted molar refractivity (Wildman–Crippen MR) is 191 cm³/mol. The summed E-state index contributed by atoms with van der Waals surface area (Å²) in [5.41, 5.74) is 3.12. The van der Waals surface area contributed by atoms with Gasteiger partial charge in [-0.3, -0.25) is 0 Å². The molecule has 0 saturated heterocycles. The Labute approximate surface area is 285 Å². The van der Waals surface area contributed by atoms with Gasteiger partial charge in [0.25, 0.3) is 0 Å². The van der Waals surface area contributed by atoms with Crippen molar-refractivity contribution in [2.24, 2.45) is 0 Å². The molecule has 10 heteroatoms. The molecular weight excluding hydrogens is 636 g/mol. The normalized spacial score (nSPS) is 13.5. The molecule has 1 aliphatic rings. The van der Waals surface area contributed by atoms with Crippen molar-refractivity contribution in [2.45, 2.75) is 39.8 Å². The van der Waals surface area contributed by atoms with E-state index >= 15 is 0 Å². The number of aryl methyl sites for hydroxylation is 4. The highest BCUT2D eigenvalue weighted by atomic mass is 16.4. The van der Waals surface area contributed by atoms with E-state index in [-0.39, 0.29) is 39.3 Å². The third-order valence-corrected chi connectivity index (χ3v) is 9.93. The minimum Gasteiger partial charge on any atom is -0.478 e. The van der Waals surface area contributed by atoms with Crippen molar-refractivity contribution in [3.8, 4) is 0 Å². The predicted octanol–water partition coefficient (Wildman–Crippen LogP) is 7.21. The number of anilines is 2. The lowest BCUT2D eigenvalue weighted by molar-refractivity contribution is -0.130. The number of aliphatic carboxylic acids is 1. The Balaban J connectivity index is 1.80. The Morgan fingerprint density at radius 2 is 0.940 bits per heavy atom. The number of rotatable bonds is 8. The van der Waals surface area contributed by atoms with Gasteiger partial charge in [-0.25, -0.2) is 19.2 Å². The van der Waals surface area contributed by atoms with Crippen molar-refractivity contribution in [3.05, 3.63) is 123 Å². The van der Waals surface area contributed by atoms with E-state index in [4.69, 9.17) is 0 Å². The summed E-state index contributed by atoms with van der Waals surface area (Å²) in [5.74, 6) is -5.23. The molecule has 0 aromatic heterocycles. The summed E-state index contributed by atoms with van der Waals surface area (Å²) in [4.78, 5) is 51.4.